The molecule has 3 heterocycles. The predicted octanol–water partition coefficient (Wildman–Crippen LogP) is 3.41. The van der Waals surface area contributed by atoms with Crippen molar-refractivity contribution in [3.8, 4) is 5.88 Å². The molecule has 0 unspecified atom stereocenters. The molecular weight excluding hydrogens is 307 g/mol. The molecule has 0 amide bonds. The van der Waals surface area contributed by atoms with E-state index < -0.39 is 0 Å². The zero-order valence-corrected chi connectivity index (χ0v) is 14.3. The van der Waals surface area contributed by atoms with Gasteiger partial charge in [0.25, 0.3) is 0 Å². The summed E-state index contributed by atoms with van der Waals surface area (Å²) in [7, 11) is 0. The third kappa shape index (κ3) is 3.16. The zero-order chi connectivity index (χ0) is 16.4. The summed E-state index contributed by atoms with van der Waals surface area (Å²) >= 11 is 0. The number of hydrogen-bond acceptors (Lipinski definition) is 4. The van der Waals surface area contributed by atoms with Crippen LogP contribution in [0.2, 0.25) is 0 Å². The van der Waals surface area contributed by atoms with Gasteiger partial charge in [-0.05, 0) is 56.6 Å². The molecule has 132 valence electrons. The van der Waals surface area contributed by atoms with Crippen molar-refractivity contribution in [3.05, 3.63) is 24.1 Å². The van der Waals surface area contributed by atoms with Crippen molar-refractivity contribution < 1.29 is 13.9 Å². The minimum absolute atomic E-state index is 0.0340. The van der Waals surface area contributed by atoms with Crippen molar-refractivity contribution in [3.63, 3.8) is 0 Å². The molecule has 4 rings (SSSR count). The fraction of sp³-hybridized carbons (Fsp3) is 0.737. The Balaban J connectivity index is 1.29. The molecule has 0 radical (unpaired) electrons. The molecule has 1 aromatic rings. The van der Waals surface area contributed by atoms with Gasteiger partial charge in [0.05, 0.1) is 12.2 Å². The van der Waals surface area contributed by atoms with E-state index >= 15 is 0 Å². The Hall–Kier alpha value is -1.20. The average molecular weight is 334 g/mol. The van der Waals surface area contributed by atoms with Gasteiger partial charge in [0, 0.05) is 31.9 Å². The van der Waals surface area contributed by atoms with Gasteiger partial charge < -0.3 is 14.4 Å². The van der Waals surface area contributed by atoms with Gasteiger partial charge in [-0.25, -0.2) is 9.37 Å². The number of nitrogens with zero attached hydrogens (tertiary/aromatic N) is 2. The molecule has 4 nitrogen and oxygen atoms in total. The number of rotatable bonds is 5. The number of aromatic nitrogens is 1. The molecule has 0 bridgehead atoms. The highest BCUT2D eigenvalue weighted by Crippen LogP contribution is 2.43. The highest BCUT2D eigenvalue weighted by molar-refractivity contribution is 5.12. The van der Waals surface area contributed by atoms with Gasteiger partial charge in [-0.1, -0.05) is 6.42 Å². The van der Waals surface area contributed by atoms with E-state index in [0.29, 0.717) is 12.5 Å². The van der Waals surface area contributed by atoms with E-state index in [1.165, 1.54) is 25.3 Å². The second-order valence-electron chi connectivity index (χ2n) is 7.45. The van der Waals surface area contributed by atoms with Crippen LogP contribution in [0, 0.1) is 11.7 Å². The summed E-state index contributed by atoms with van der Waals surface area (Å²) < 4.78 is 25.4. The van der Waals surface area contributed by atoms with E-state index in [9.17, 15) is 4.39 Å². The number of halogens is 1. The molecular formula is C19H27FN2O2. The van der Waals surface area contributed by atoms with Gasteiger partial charge in [0.2, 0.25) is 5.88 Å². The Kier molecular flexibility index (Phi) is 4.72. The van der Waals surface area contributed by atoms with Crippen LogP contribution in [0.4, 0.5) is 4.39 Å². The molecule has 1 spiro atoms. The van der Waals surface area contributed by atoms with Crippen LogP contribution in [0.15, 0.2) is 18.3 Å². The van der Waals surface area contributed by atoms with Gasteiger partial charge in [-0.2, -0.15) is 0 Å². The Bertz CT molecular complexity index is 556. The van der Waals surface area contributed by atoms with Crippen LogP contribution in [0.5, 0.6) is 5.88 Å². The van der Waals surface area contributed by atoms with Gasteiger partial charge in [-0.15, -0.1) is 0 Å². The highest BCUT2D eigenvalue weighted by atomic mass is 19.1. The maximum atomic E-state index is 13.6. The van der Waals surface area contributed by atoms with Gasteiger partial charge in [0.15, 0.2) is 5.82 Å². The number of likely N-dealkylation sites (tertiary alicyclic amines) is 1. The molecule has 1 aliphatic carbocycles. The highest BCUT2D eigenvalue weighted by Gasteiger charge is 2.46. The maximum Gasteiger partial charge on any atom is 0.250 e. The molecule has 2 aliphatic heterocycles. The normalized spacial score (nSPS) is 27.3. The maximum absolute atomic E-state index is 13.6. The van der Waals surface area contributed by atoms with Crippen molar-refractivity contribution in [2.24, 2.45) is 5.92 Å². The summed E-state index contributed by atoms with van der Waals surface area (Å²) in [4.78, 5) is 6.62. The minimum Gasteiger partial charge on any atom is -0.476 e. The van der Waals surface area contributed by atoms with Crippen LogP contribution in [-0.4, -0.2) is 47.8 Å². The molecule has 5 heteroatoms. The van der Waals surface area contributed by atoms with E-state index in [0.717, 1.165) is 51.4 Å². The smallest absolute Gasteiger partial charge is 0.250 e. The fourth-order valence-electron chi connectivity index (χ4n) is 4.54. The fourth-order valence-corrected chi connectivity index (χ4v) is 4.54. The standard InChI is InChI=1S/C19H27FN2O2/c20-17-5-2-10-21-18(17)23-13-6-15-7-14-24-19(15)8-11-22(12-9-19)16-3-1-4-16/h2,5,10,15-16H,1,3-4,6-9,11-14H2/t15-/m1/s1. The largest absolute Gasteiger partial charge is 0.476 e. The third-order valence-electron chi connectivity index (χ3n) is 6.27. The average Bonchev–Trinajstić information content (AvgIpc) is 2.92. The number of pyridine rings is 1. The van der Waals surface area contributed by atoms with Crippen molar-refractivity contribution in [2.45, 2.75) is 56.6 Å². The molecule has 0 aromatic carbocycles. The molecule has 0 N–H and O–H groups in total. The zero-order valence-electron chi connectivity index (χ0n) is 14.3. The predicted molar refractivity (Wildman–Crippen MR) is 89.5 cm³/mol. The lowest BCUT2D eigenvalue weighted by atomic mass is 9.77. The summed E-state index contributed by atoms with van der Waals surface area (Å²) in [6, 6.07) is 3.80. The van der Waals surface area contributed by atoms with Crippen LogP contribution >= 0.6 is 0 Å². The monoisotopic (exact) mass is 334 g/mol. The topological polar surface area (TPSA) is 34.6 Å². The summed E-state index contributed by atoms with van der Waals surface area (Å²) in [5.41, 5.74) is 0.0340. The summed E-state index contributed by atoms with van der Waals surface area (Å²) in [6.07, 6.45) is 9.98. The van der Waals surface area contributed by atoms with Gasteiger partial charge in [0.1, 0.15) is 0 Å². The van der Waals surface area contributed by atoms with E-state index in [-0.39, 0.29) is 17.3 Å². The first kappa shape index (κ1) is 16.3. The first-order valence-electron chi connectivity index (χ1n) is 9.38. The molecule has 1 saturated carbocycles. The van der Waals surface area contributed by atoms with Crippen LogP contribution < -0.4 is 4.74 Å². The molecule has 3 aliphatic rings. The van der Waals surface area contributed by atoms with Gasteiger partial charge in [-0.3, -0.25) is 0 Å². The van der Waals surface area contributed by atoms with Crippen molar-refractivity contribution in [1.29, 1.82) is 0 Å². The molecule has 3 fully saturated rings. The second kappa shape index (κ2) is 6.96. The SMILES string of the molecule is Fc1cccnc1OCC[C@@H]1CCOC12CCN(C1CCC1)CC2. The number of hydrogen-bond donors (Lipinski definition) is 0. The van der Waals surface area contributed by atoms with Crippen LogP contribution in [0.25, 0.3) is 0 Å². The lowest BCUT2D eigenvalue weighted by molar-refractivity contribution is -0.0808. The first-order valence-corrected chi connectivity index (χ1v) is 9.38. The summed E-state index contributed by atoms with van der Waals surface area (Å²) in [5.74, 6) is 0.252. The molecule has 1 atom stereocenters. The van der Waals surface area contributed by atoms with Crippen LogP contribution in [-0.2, 0) is 4.74 Å². The molecule has 2 saturated heterocycles. The van der Waals surface area contributed by atoms with Crippen LogP contribution in [0.1, 0.15) is 44.9 Å². The Morgan fingerprint density at radius 2 is 2.12 bits per heavy atom. The lowest BCUT2D eigenvalue weighted by Gasteiger charge is -2.47. The lowest BCUT2D eigenvalue weighted by Crippen LogP contribution is -2.52. The number of ether oxygens (including phenoxy) is 2. The molecule has 1 aromatic heterocycles. The third-order valence-corrected chi connectivity index (χ3v) is 6.27. The molecule has 24 heavy (non-hydrogen) atoms. The van der Waals surface area contributed by atoms with Gasteiger partial charge >= 0.3 is 0 Å². The Morgan fingerprint density at radius 3 is 2.83 bits per heavy atom. The van der Waals surface area contributed by atoms with E-state index in [2.05, 4.69) is 9.88 Å². The summed E-state index contributed by atoms with van der Waals surface area (Å²) in [5, 5.41) is 0. The Morgan fingerprint density at radius 1 is 1.29 bits per heavy atom. The second-order valence-corrected chi connectivity index (χ2v) is 7.45. The Labute approximate surface area is 143 Å². The quantitative estimate of drug-likeness (QED) is 0.826. The van der Waals surface area contributed by atoms with E-state index in [1.54, 1.807) is 12.3 Å². The summed E-state index contributed by atoms with van der Waals surface area (Å²) in [6.45, 7) is 3.69. The van der Waals surface area contributed by atoms with Crippen LogP contribution in [0.3, 0.4) is 0 Å². The van der Waals surface area contributed by atoms with E-state index in [4.69, 9.17) is 9.47 Å². The first-order chi connectivity index (χ1) is 11.8. The van der Waals surface area contributed by atoms with Crippen molar-refractivity contribution in [1.82, 2.24) is 9.88 Å². The van der Waals surface area contributed by atoms with Crippen molar-refractivity contribution >= 4 is 0 Å². The minimum atomic E-state index is -0.385. The van der Waals surface area contributed by atoms with Crippen molar-refractivity contribution in [2.75, 3.05) is 26.3 Å². The van der Waals surface area contributed by atoms with E-state index in [1.807, 2.05) is 0 Å². The number of piperidine rings is 1.